The third-order valence-electron chi connectivity index (χ3n) is 2.65. The highest BCUT2D eigenvalue weighted by atomic mass is 79.9. The van der Waals surface area contributed by atoms with Gasteiger partial charge >= 0.3 is 5.97 Å². The predicted molar refractivity (Wildman–Crippen MR) is 76.7 cm³/mol. The van der Waals surface area contributed by atoms with Gasteiger partial charge in [0.25, 0.3) is 0 Å². The van der Waals surface area contributed by atoms with Crippen LogP contribution in [0.1, 0.15) is 18.9 Å². The monoisotopic (exact) mass is 327 g/mol. The van der Waals surface area contributed by atoms with Gasteiger partial charge in [-0.05, 0) is 24.6 Å². The van der Waals surface area contributed by atoms with Gasteiger partial charge in [0, 0.05) is 18.1 Å². The first kappa shape index (κ1) is 15.7. The zero-order valence-corrected chi connectivity index (χ0v) is 12.8. The second-order valence-electron chi connectivity index (χ2n) is 4.17. The molecule has 0 N–H and O–H groups in total. The quantitative estimate of drug-likeness (QED) is 0.754. The summed E-state index contributed by atoms with van der Waals surface area (Å²) in [5.74, 6) is -0.280. The van der Waals surface area contributed by atoms with Gasteiger partial charge in [-0.25, -0.2) is 0 Å². The minimum absolute atomic E-state index is 0.00776. The molecule has 0 aliphatic rings. The van der Waals surface area contributed by atoms with Crippen molar-refractivity contribution in [2.24, 2.45) is 0 Å². The third-order valence-corrected chi connectivity index (χ3v) is 3.18. The van der Waals surface area contributed by atoms with E-state index in [1.165, 1.54) is 0 Å². The predicted octanol–water partition coefficient (Wildman–Crippen LogP) is 2.40. The summed E-state index contributed by atoms with van der Waals surface area (Å²) >= 11 is 3.35. The summed E-state index contributed by atoms with van der Waals surface area (Å²) in [5, 5.41) is 0. The van der Waals surface area contributed by atoms with Gasteiger partial charge in [0.15, 0.2) is 0 Å². The van der Waals surface area contributed by atoms with Crippen LogP contribution in [0.25, 0.3) is 0 Å². The minimum atomic E-state index is -0.272. The highest BCUT2D eigenvalue weighted by Gasteiger charge is 2.11. The van der Waals surface area contributed by atoms with Crippen molar-refractivity contribution >= 4 is 27.8 Å². The summed E-state index contributed by atoms with van der Waals surface area (Å²) < 4.78 is 5.81. The van der Waals surface area contributed by atoms with Crippen LogP contribution in [0.5, 0.6) is 0 Å². The van der Waals surface area contributed by atoms with Crippen LogP contribution < -0.4 is 0 Å². The molecule has 1 aromatic carbocycles. The van der Waals surface area contributed by atoms with Gasteiger partial charge in [0.05, 0.1) is 19.4 Å². The number of benzene rings is 1. The zero-order valence-electron chi connectivity index (χ0n) is 11.2. The van der Waals surface area contributed by atoms with Crippen molar-refractivity contribution in [3.05, 3.63) is 34.3 Å². The first-order valence-corrected chi connectivity index (χ1v) is 6.96. The van der Waals surface area contributed by atoms with Crippen LogP contribution in [0, 0.1) is 0 Å². The average molecular weight is 328 g/mol. The van der Waals surface area contributed by atoms with E-state index in [-0.39, 0.29) is 18.3 Å². The largest absolute Gasteiger partial charge is 0.466 e. The van der Waals surface area contributed by atoms with Crippen LogP contribution in [0.15, 0.2) is 28.7 Å². The molecule has 0 saturated heterocycles. The van der Waals surface area contributed by atoms with Crippen molar-refractivity contribution in [2.45, 2.75) is 19.8 Å². The van der Waals surface area contributed by atoms with Crippen molar-refractivity contribution in [2.75, 3.05) is 20.2 Å². The smallest absolute Gasteiger partial charge is 0.307 e. The van der Waals surface area contributed by atoms with Gasteiger partial charge in [-0.1, -0.05) is 28.1 Å². The van der Waals surface area contributed by atoms with Crippen LogP contribution >= 0.6 is 15.9 Å². The lowest BCUT2D eigenvalue weighted by Gasteiger charge is -2.16. The van der Waals surface area contributed by atoms with Crippen molar-refractivity contribution in [1.29, 1.82) is 0 Å². The topological polar surface area (TPSA) is 46.6 Å². The van der Waals surface area contributed by atoms with Gasteiger partial charge in [-0.3, -0.25) is 9.59 Å². The number of carbonyl (C=O) groups excluding carboxylic acids is 2. The van der Waals surface area contributed by atoms with Crippen LogP contribution in [0.4, 0.5) is 0 Å². The summed E-state index contributed by atoms with van der Waals surface area (Å²) in [6, 6.07) is 7.62. The van der Waals surface area contributed by atoms with Crippen molar-refractivity contribution < 1.29 is 14.3 Å². The standard InChI is InChI=1S/C14H18BrNO3/c1-3-19-14(18)8-9-16(2)13(17)10-11-4-6-12(15)7-5-11/h4-7H,3,8-10H2,1-2H3. The molecule has 0 spiro atoms. The normalized spacial score (nSPS) is 10.1. The molecule has 0 aliphatic carbocycles. The second kappa shape index (κ2) is 7.94. The summed E-state index contributed by atoms with van der Waals surface area (Å²) in [6.45, 7) is 2.52. The molecule has 0 unspecified atom stereocenters. The molecule has 1 rings (SSSR count). The summed E-state index contributed by atoms with van der Waals surface area (Å²) in [6.07, 6.45) is 0.572. The Kier molecular flexibility index (Phi) is 6.56. The average Bonchev–Trinajstić information content (AvgIpc) is 2.39. The number of nitrogens with zero attached hydrogens (tertiary/aromatic N) is 1. The van der Waals surface area contributed by atoms with E-state index in [1.807, 2.05) is 24.3 Å². The number of esters is 1. The van der Waals surface area contributed by atoms with Gasteiger partial charge in [0.1, 0.15) is 0 Å². The summed E-state index contributed by atoms with van der Waals surface area (Å²) in [4.78, 5) is 24.7. The van der Waals surface area contributed by atoms with Crippen molar-refractivity contribution in [3.8, 4) is 0 Å². The van der Waals surface area contributed by atoms with Gasteiger partial charge in [-0.2, -0.15) is 0 Å². The number of halogens is 1. The maximum atomic E-state index is 11.9. The molecule has 0 aromatic heterocycles. The molecule has 1 amide bonds. The molecule has 4 nitrogen and oxygen atoms in total. The number of amides is 1. The molecule has 0 aliphatic heterocycles. The number of ether oxygens (including phenoxy) is 1. The second-order valence-corrected chi connectivity index (χ2v) is 5.09. The zero-order chi connectivity index (χ0) is 14.3. The van der Waals surface area contributed by atoms with Gasteiger partial charge in [-0.15, -0.1) is 0 Å². The van der Waals surface area contributed by atoms with E-state index in [0.717, 1.165) is 10.0 Å². The number of likely N-dealkylation sites (N-methyl/N-ethyl adjacent to an activating group) is 1. The Hall–Kier alpha value is -1.36. The Morgan fingerprint density at radius 1 is 1.26 bits per heavy atom. The lowest BCUT2D eigenvalue weighted by atomic mass is 10.1. The minimum Gasteiger partial charge on any atom is -0.466 e. The Balaban J connectivity index is 2.40. The highest BCUT2D eigenvalue weighted by molar-refractivity contribution is 9.10. The number of hydrogen-bond donors (Lipinski definition) is 0. The maximum absolute atomic E-state index is 11.9. The molecule has 0 radical (unpaired) electrons. The molecule has 0 heterocycles. The fourth-order valence-electron chi connectivity index (χ4n) is 1.53. The van der Waals surface area contributed by atoms with E-state index in [2.05, 4.69) is 15.9 Å². The molecule has 0 bridgehead atoms. The van der Waals surface area contributed by atoms with E-state index >= 15 is 0 Å². The molecule has 19 heavy (non-hydrogen) atoms. The first-order valence-electron chi connectivity index (χ1n) is 6.17. The Morgan fingerprint density at radius 2 is 1.89 bits per heavy atom. The molecule has 1 aromatic rings. The van der Waals surface area contributed by atoms with E-state index in [0.29, 0.717) is 19.6 Å². The van der Waals surface area contributed by atoms with Crippen molar-refractivity contribution in [1.82, 2.24) is 4.90 Å². The molecule has 0 atom stereocenters. The lowest BCUT2D eigenvalue weighted by Crippen LogP contribution is -2.30. The fourth-order valence-corrected chi connectivity index (χ4v) is 1.79. The summed E-state index contributed by atoms with van der Waals surface area (Å²) in [5.41, 5.74) is 0.955. The lowest BCUT2D eigenvalue weighted by molar-refractivity contribution is -0.143. The van der Waals surface area contributed by atoms with Crippen LogP contribution in [-0.4, -0.2) is 37.0 Å². The third kappa shape index (κ3) is 5.87. The van der Waals surface area contributed by atoms with Gasteiger partial charge < -0.3 is 9.64 Å². The van der Waals surface area contributed by atoms with Crippen LogP contribution in [0.2, 0.25) is 0 Å². The number of rotatable bonds is 6. The molecular formula is C14H18BrNO3. The summed E-state index contributed by atoms with van der Waals surface area (Å²) in [7, 11) is 1.69. The first-order chi connectivity index (χ1) is 9.02. The van der Waals surface area contributed by atoms with E-state index in [1.54, 1.807) is 18.9 Å². The maximum Gasteiger partial charge on any atom is 0.307 e. The molecular weight excluding hydrogens is 310 g/mol. The van der Waals surface area contributed by atoms with E-state index in [9.17, 15) is 9.59 Å². The Morgan fingerprint density at radius 3 is 2.47 bits per heavy atom. The van der Waals surface area contributed by atoms with Gasteiger partial charge in [0.2, 0.25) is 5.91 Å². The highest BCUT2D eigenvalue weighted by Crippen LogP contribution is 2.11. The van der Waals surface area contributed by atoms with E-state index < -0.39 is 0 Å². The molecule has 5 heteroatoms. The Labute approximate surface area is 121 Å². The SMILES string of the molecule is CCOC(=O)CCN(C)C(=O)Cc1ccc(Br)cc1. The van der Waals surface area contributed by atoms with Crippen LogP contribution in [-0.2, 0) is 20.7 Å². The van der Waals surface area contributed by atoms with Crippen molar-refractivity contribution in [3.63, 3.8) is 0 Å². The number of hydrogen-bond acceptors (Lipinski definition) is 3. The van der Waals surface area contributed by atoms with E-state index in [4.69, 9.17) is 4.74 Å². The fraction of sp³-hybridized carbons (Fsp3) is 0.429. The molecule has 0 fully saturated rings. The molecule has 104 valence electrons. The molecule has 0 saturated carbocycles. The number of carbonyl (C=O) groups is 2. The Bertz CT molecular complexity index is 431. The van der Waals surface area contributed by atoms with Crippen LogP contribution in [0.3, 0.4) is 0 Å².